The molecule has 0 heterocycles. The molecule has 78 valence electrons. The molecular formula is C11H12N2O2. The van der Waals surface area contributed by atoms with Gasteiger partial charge in [-0.1, -0.05) is 24.3 Å². The Kier molecular flexibility index (Phi) is 2.67. The number of nitrogens with one attached hydrogen (secondary N) is 1. The van der Waals surface area contributed by atoms with E-state index >= 15 is 0 Å². The van der Waals surface area contributed by atoms with E-state index in [4.69, 9.17) is 0 Å². The highest BCUT2D eigenvalue weighted by molar-refractivity contribution is 5.93. The smallest absolute Gasteiger partial charge is 0.427 e. The summed E-state index contributed by atoms with van der Waals surface area (Å²) >= 11 is 0. The number of amides is 1. The molecule has 0 radical (unpaired) electrons. The molecule has 0 spiro atoms. The number of benzene rings is 1. The summed E-state index contributed by atoms with van der Waals surface area (Å²) in [5.74, 6) is 0. The van der Waals surface area contributed by atoms with Gasteiger partial charge in [0.2, 0.25) is 0 Å². The van der Waals surface area contributed by atoms with E-state index in [1.807, 2.05) is 12.1 Å². The van der Waals surface area contributed by atoms with Crippen molar-refractivity contribution in [1.82, 2.24) is 5.43 Å². The molecule has 1 aliphatic rings. The third-order valence-corrected chi connectivity index (χ3v) is 2.40. The van der Waals surface area contributed by atoms with Gasteiger partial charge in [-0.2, -0.15) is 5.10 Å². The Morgan fingerprint density at radius 3 is 2.47 bits per heavy atom. The highest BCUT2D eigenvalue weighted by atomic mass is 16.5. The first-order valence-electron chi connectivity index (χ1n) is 4.76. The Morgan fingerprint density at radius 2 is 1.93 bits per heavy atom. The van der Waals surface area contributed by atoms with Crippen LogP contribution in [-0.2, 0) is 17.6 Å². The molecule has 1 aliphatic carbocycles. The maximum Gasteiger partial charge on any atom is 0.427 e. The lowest BCUT2D eigenvalue weighted by atomic mass is 10.1. The fraction of sp³-hybridized carbons (Fsp3) is 0.273. The molecule has 0 fully saturated rings. The van der Waals surface area contributed by atoms with Crippen molar-refractivity contribution in [2.24, 2.45) is 5.10 Å². The minimum Gasteiger partial charge on any atom is -0.452 e. The summed E-state index contributed by atoms with van der Waals surface area (Å²) in [6, 6.07) is 8.18. The summed E-state index contributed by atoms with van der Waals surface area (Å²) in [7, 11) is 1.32. The van der Waals surface area contributed by atoms with Crippen LogP contribution in [-0.4, -0.2) is 18.9 Å². The van der Waals surface area contributed by atoms with Crippen molar-refractivity contribution in [3.8, 4) is 0 Å². The van der Waals surface area contributed by atoms with Crippen LogP contribution in [0.25, 0.3) is 0 Å². The van der Waals surface area contributed by atoms with Gasteiger partial charge in [0.1, 0.15) is 0 Å². The minimum absolute atomic E-state index is 0.529. The number of hydrazone groups is 1. The second-order valence-corrected chi connectivity index (χ2v) is 3.40. The lowest BCUT2D eigenvalue weighted by molar-refractivity contribution is 0.171. The Morgan fingerprint density at radius 1 is 1.33 bits per heavy atom. The maximum atomic E-state index is 10.8. The van der Waals surface area contributed by atoms with Gasteiger partial charge < -0.3 is 4.74 Å². The number of rotatable bonds is 1. The summed E-state index contributed by atoms with van der Waals surface area (Å²) in [6.07, 6.45) is 1.08. The normalized spacial score (nSPS) is 13.3. The number of ether oxygens (including phenoxy) is 1. The molecule has 0 aliphatic heterocycles. The fourth-order valence-electron chi connectivity index (χ4n) is 1.65. The molecule has 0 saturated carbocycles. The Balaban J connectivity index is 2.04. The molecule has 0 atom stereocenters. The van der Waals surface area contributed by atoms with Crippen LogP contribution >= 0.6 is 0 Å². The molecule has 1 aromatic rings. The minimum atomic E-state index is -0.529. The summed E-state index contributed by atoms with van der Waals surface area (Å²) < 4.78 is 4.43. The molecule has 0 unspecified atom stereocenters. The Labute approximate surface area is 87.9 Å². The van der Waals surface area contributed by atoms with E-state index in [2.05, 4.69) is 27.4 Å². The van der Waals surface area contributed by atoms with E-state index in [1.54, 1.807) is 0 Å². The average molecular weight is 204 g/mol. The number of fused-ring (bicyclic) bond motifs is 1. The second kappa shape index (κ2) is 4.13. The maximum absolute atomic E-state index is 10.8. The van der Waals surface area contributed by atoms with Crippen LogP contribution in [0, 0.1) is 0 Å². The zero-order valence-electron chi connectivity index (χ0n) is 8.49. The zero-order chi connectivity index (χ0) is 10.7. The van der Waals surface area contributed by atoms with Gasteiger partial charge >= 0.3 is 6.09 Å². The number of hydrogen-bond donors (Lipinski definition) is 1. The standard InChI is InChI=1S/C11H12N2O2/c1-15-11(14)13-12-10-6-8-4-2-3-5-9(8)7-10/h2-5H,6-7H2,1H3,(H,13,14). The topological polar surface area (TPSA) is 50.7 Å². The number of nitrogens with zero attached hydrogens (tertiary/aromatic N) is 1. The van der Waals surface area contributed by atoms with Crippen molar-refractivity contribution < 1.29 is 9.53 Å². The first-order chi connectivity index (χ1) is 7.29. The molecule has 4 heteroatoms. The number of hydrogen-bond acceptors (Lipinski definition) is 3. The van der Waals surface area contributed by atoms with Crippen molar-refractivity contribution in [2.75, 3.05) is 7.11 Å². The average Bonchev–Trinajstić information content (AvgIpc) is 2.68. The molecule has 1 amide bonds. The van der Waals surface area contributed by atoms with E-state index in [0.29, 0.717) is 0 Å². The van der Waals surface area contributed by atoms with Crippen molar-refractivity contribution >= 4 is 11.8 Å². The Bertz CT molecular complexity index is 386. The first kappa shape index (κ1) is 9.71. The fourth-order valence-corrected chi connectivity index (χ4v) is 1.65. The molecule has 1 N–H and O–H groups in total. The molecule has 0 aromatic heterocycles. The van der Waals surface area contributed by atoms with Gasteiger partial charge in [-0.3, -0.25) is 0 Å². The lowest BCUT2D eigenvalue weighted by Crippen LogP contribution is -2.19. The SMILES string of the molecule is COC(=O)NN=C1Cc2ccccc2C1. The predicted octanol–water partition coefficient (Wildman–Crippen LogP) is 1.50. The number of carbonyl (C=O) groups excluding carboxylic acids is 1. The summed E-state index contributed by atoms with van der Waals surface area (Å²) in [5.41, 5.74) is 5.86. The van der Waals surface area contributed by atoms with Crippen molar-refractivity contribution in [1.29, 1.82) is 0 Å². The third-order valence-electron chi connectivity index (χ3n) is 2.40. The van der Waals surface area contributed by atoms with Gasteiger partial charge in [-0.25, -0.2) is 10.2 Å². The van der Waals surface area contributed by atoms with Crippen LogP contribution in [0.2, 0.25) is 0 Å². The van der Waals surface area contributed by atoms with Crippen molar-refractivity contribution in [2.45, 2.75) is 12.8 Å². The number of methoxy groups -OCH3 is 1. The van der Waals surface area contributed by atoms with Crippen LogP contribution in [0.3, 0.4) is 0 Å². The lowest BCUT2D eigenvalue weighted by Gasteiger charge is -1.97. The zero-order valence-corrected chi connectivity index (χ0v) is 8.49. The molecular weight excluding hydrogens is 192 g/mol. The number of carbonyl (C=O) groups is 1. The molecule has 15 heavy (non-hydrogen) atoms. The van der Waals surface area contributed by atoms with Gasteiger partial charge in [-0.05, 0) is 11.1 Å². The van der Waals surface area contributed by atoms with Crippen LogP contribution in [0.4, 0.5) is 4.79 Å². The van der Waals surface area contributed by atoms with Gasteiger partial charge in [0.25, 0.3) is 0 Å². The van der Waals surface area contributed by atoms with Gasteiger partial charge in [0, 0.05) is 18.6 Å². The predicted molar refractivity (Wildman–Crippen MR) is 56.8 cm³/mol. The highest BCUT2D eigenvalue weighted by Crippen LogP contribution is 2.19. The van der Waals surface area contributed by atoms with Crippen LogP contribution in [0.5, 0.6) is 0 Å². The van der Waals surface area contributed by atoms with E-state index in [0.717, 1.165) is 18.6 Å². The first-order valence-corrected chi connectivity index (χ1v) is 4.76. The highest BCUT2D eigenvalue weighted by Gasteiger charge is 2.15. The van der Waals surface area contributed by atoms with Crippen LogP contribution in [0.1, 0.15) is 11.1 Å². The van der Waals surface area contributed by atoms with E-state index in [1.165, 1.54) is 18.2 Å². The summed E-state index contributed by atoms with van der Waals surface area (Å²) in [4.78, 5) is 10.8. The van der Waals surface area contributed by atoms with Gasteiger partial charge in [0.05, 0.1) is 7.11 Å². The van der Waals surface area contributed by atoms with Gasteiger partial charge in [-0.15, -0.1) is 0 Å². The monoisotopic (exact) mass is 204 g/mol. The van der Waals surface area contributed by atoms with Crippen LogP contribution in [0.15, 0.2) is 29.4 Å². The second-order valence-electron chi connectivity index (χ2n) is 3.40. The molecule has 0 bridgehead atoms. The van der Waals surface area contributed by atoms with Crippen molar-refractivity contribution in [3.63, 3.8) is 0 Å². The summed E-state index contributed by atoms with van der Waals surface area (Å²) in [6.45, 7) is 0. The molecule has 1 aromatic carbocycles. The van der Waals surface area contributed by atoms with E-state index < -0.39 is 6.09 Å². The Hall–Kier alpha value is -1.84. The molecule has 4 nitrogen and oxygen atoms in total. The van der Waals surface area contributed by atoms with Crippen LogP contribution < -0.4 is 5.43 Å². The van der Waals surface area contributed by atoms with E-state index in [9.17, 15) is 4.79 Å². The third kappa shape index (κ3) is 2.15. The van der Waals surface area contributed by atoms with Crippen molar-refractivity contribution in [3.05, 3.63) is 35.4 Å². The molecule has 0 saturated heterocycles. The quantitative estimate of drug-likeness (QED) is 0.705. The largest absolute Gasteiger partial charge is 0.452 e. The molecule has 2 rings (SSSR count). The summed E-state index contributed by atoms with van der Waals surface area (Å²) in [5, 5.41) is 4.00. The van der Waals surface area contributed by atoms with E-state index in [-0.39, 0.29) is 0 Å². The van der Waals surface area contributed by atoms with Gasteiger partial charge in [0.15, 0.2) is 0 Å².